The standard InChI is InChI=1S/C24H24.2ClH/c1-6-18-10-9-13-19(18)24-21-12-8-7-11-20(21)22-16(4)14(2)15(3)17(5)23(22)24;;/h6-13,24H,1-5H3;2*1H. The van der Waals surface area contributed by atoms with Crippen LogP contribution in [0.3, 0.4) is 0 Å². The molecule has 0 amide bonds. The van der Waals surface area contributed by atoms with Crippen LogP contribution in [0.5, 0.6) is 0 Å². The molecule has 136 valence electrons. The van der Waals surface area contributed by atoms with Crippen LogP contribution in [0.25, 0.3) is 11.1 Å². The quantitative estimate of drug-likeness (QED) is 0.482. The average molecular weight is 385 g/mol. The Morgan fingerprint density at radius 1 is 0.846 bits per heavy atom. The maximum Gasteiger partial charge on any atom is 0.0360 e. The molecule has 1 unspecified atom stereocenters. The Bertz CT molecular complexity index is 959. The van der Waals surface area contributed by atoms with Crippen molar-refractivity contribution in [3.63, 3.8) is 0 Å². The lowest BCUT2D eigenvalue weighted by atomic mass is 9.81. The third-order valence-corrected chi connectivity index (χ3v) is 6.07. The maximum absolute atomic E-state index is 2.32. The van der Waals surface area contributed by atoms with Gasteiger partial charge in [-0.3, -0.25) is 0 Å². The monoisotopic (exact) mass is 384 g/mol. The van der Waals surface area contributed by atoms with Crippen LogP contribution in [0.4, 0.5) is 0 Å². The van der Waals surface area contributed by atoms with Crippen molar-refractivity contribution in [2.24, 2.45) is 0 Å². The van der Waals surface area contributed by atoms with Crippen LogP contribution in [0.15, 0.2) is 59.7 Å². The second-order valence-corrected chi connectivity index (χ2v) is 7.03. The Morgan fingerprint density at radius 3 is 2.19 bits per heavy atom. The first-order valence-electron chi connectivity index (χ1n) is 8.80. The zero-order chi connectivity index (χ0) is 17.0. The number of allylic oxidation sites excluding steroid dienone is 6. The predicted octanol–water partition coefficient (Wildman–Crippen LogP) is 7.32. The summed E-state index contributed by atoms with van der Waals surface area (Å²) < 4.78 is 0. The minimum Gasteiger partial charge on any atom is -0.147 e. The van der Waals surface area contributed by atoms with Gasteiger partial charge in [0.15, 0.2) is 0 Å². The molecule has 2 aromatic rings. The molecule has 1 atom stereocenters. The van der Waals surface area contributed by atoms with E-state index >= 15 is 0 Å². The summed E-state index contributed by atoms with van der Waals surface area (Å²) >= 11 is 0. The van der Waals surface area contributed by atoms with Crippen LogP contribution >= 0.6 is 24.8 Å². The molecule has 0 spiro atoms. The molecular formula is C24H26Cl2. The highest BCUT2D eigenvalue weighted by Crippen LogP contribution is 2.53. The van der Waals surface area contributed by atoms with Crippen molar-refractivity contribution in [1.82, 2.24) is 0 Å². The fourth-order valence-electron chi connectivity index (χ4n) is 4.48. The SMILES string of the molecule is CC=C1C=CC=C1C1c2ccccc2-c2c(C)c(C)c(C)c(C)c21.Cl.Cl. The number of rotatable bonds is 1. The molecule has 0 aliphatic heterocycles. The van der Waals surface area contributed by atoms with Gasteiger partial charge in [-0.15, -0.1) is 24.8 Å². The van der Waals surface area contributed by atoms with E-state index in [1.165, 1.54) is 55.7 Å². The molecular weight excluding hydrogens is 359 g/mol. The fraction of sp³-hybridized carbons (Fsp3) is 0.250. The van der Waals surface area contributed by atoms with Gasteiger partial charge in [-0.05, 0) is 90.3 Å². The van der Waals surface area contributed by atoms with E-state index in [0.29, 0.717) is 5.92 Å². The number of fused-ring (bicyclic) bond motifs is 3. The molecule has 26 heavy (non-hydrogen) atoms. The van der Waals surface area contributed by atoms with Crippen molar-refractivity contribution in [2.75, 3.05) is 0 Å². The van der Waals surface area contributed by atoms with Crippen LogP contribution in [0, 0.1) is 27.7 Å². The molecule has 0 nitrogen and oxygen atoms in total. The smallest absolute Gasteiger partial charge is 0.0360 e. The molecule has 0 bridgehead atoms. The zero-order valence-electron chi connectivity index (χ0n) is 16.0. The summed E-state index contributed by atoms with van der Waals surface area (Å²) in [5.74, 6) is 0.357. The molecule has 0 saturated carbocycles. The molecule has 4 rings (SSSR count). The summed E-state index contributed by atoms with van der Waals surface area (Å²) in [6, 6.07) is 8.97. The Labute approximate surface area is 169 Å². The average Bonchev–Trinajstić information content (AvgIpc) is 3.19. The lowest BCUT2D eigenvalue weighted by Gasteiger charge is -2.22. The van der Waals surface area contributed by atoms with Crippen molar-refractivity contribution in [3.8, 4) is 11.1 Å². The zero-order valence-corrected chi connectivity index (χ0v) is 17.6. The fourth-order valence-corrected chi connectivity index (χ4v) is 4.48. The first-order chi connectivity index (χ1) is 11.6. The van der Waals surface area contributed by atoms with E-state index in [4.69, 9.17) is 0 Å². The number of benzene rings is 2. The van der Waals surface area contributed by atoms with Crippen LogP contribution in [-0.4, -0.2) is 0 Å². The van der Waals surface area contributed by atoms with Gasteiger partial charge in [0.2, 0.25) is 0 Å². The van der Waals surface area contributed by atoms with Crippen LogP contribution in [-0.2, 0) is 0 Å². The van der Waals surface area contributed by atoms with Gasteiger partial charge in [0.25, 0.3) is 0 Å². The molecule has 0 N–H and O–H groups in total. The molecule has 0 aromatic heterocycles. The highest BCUT2D eigenvalue weighted by molar-refractivity contribution is 5.87. The van der Waals surface area contributed by atoms with Crippen molar-refractivity contribution < 1.29 is 0 Å². The van der Waals surface area contributed by atoms with E-state index in [1.54, 1.807) is 0 Å². The van der Waals surface area contributed by atoms with E-state index in [1.807, 2.05) is 0 Å². The van der Waals surface area contributed by atoms with E-state index < -0.39 is 0 Å². The van der Waals surface area contributed by atoms with Crippen molar-refractivity contribution in [3.05, 3.63) is 93.1 Å². The molecule has 0 radical (unpaired) electrons. The van der Waals surface area contributed by atoms with E-state index in [9.17, 15) is 0 Å². The highest BCUT2D eigenvalue weighted by atomic mass is 35.5. The molecule has 0 heterocycles. The largest absolute Gasteiger partial charge is 0.147 e. The lowest BCUT2D eigenvalue weighted by molar-refractivity contribution is 0.979. The highest BCUT2D eigenvalue weighted by Gasteiger charge is 2.35. The van der Waals surface area contributed by atoms with Gasteiger partial charge in [-0.2, -0.15) is 0 Å². The summed E-state index contributed by atoms with van der Waals surface area (Å²) in [6.07, 6.45) is 8.96. The minimum absolute atomic E-state index is 0. The van der Waals surface area contributed by atoms with Gasteiger partial charge in [0, 0.05) is 5.92 Å². The van der Waals surface area contributed by atoms with Gasteiger partial charge in [0.1, 0.15) is 0 Å². The van der Waals surface area contributed by atoms with E-state index in [-0.39, 0.29) is 24.8 Å². The molecule has 2 aliphatic carbocycles. The van der Waals surface area contributed by atoms with Crippen molar-refractivity contribution in [2.45, 2.75) is 40.5 Å². The first kappa shape index (κ1) is 20.6. The van der Waals surface area contributed by atoms with Gasteiger partial charge in [0.05, 0.1) is 0 Å². The summed E-state index contributed by atoms with van der Waals surface area (Å²) in [5, 5.41) is 0. The second-order valence-electron chi connectivity index (χ2n) is 7.03. The summed E-state index contributed by atoms with van der Waals surface area (Å²) in [6.45, 7) is 11.3. The number of hydrogen-bond acceptors (Lipinski definition) is 0. The molecule has 2 aliphatic rings. The summed E-state index contributed by atoms with van der Waals surface area (Å²) in [5.41, 5.74) is 14.4. The topological polar surface area (TPSA) is 0 Å². The Morgan fingerprint density at radius 2 is 1.50 bits per heavy atom. The normalized spacial score (nSPS) is 18.1. The number of halogens is 2. The van der Waals surface area contributed by atoms with Crippen LogP contribution < -0.4 is 0 Å². The molecule has 2 heteroatoms. The predicted molar refractivity (Wildman–Crippen MR) is 118 cm³/mol. The number of hydrogen-bond donors (Lipinski definition) is 0. The van der Waals surface area contributed by atoms with Crippen molar-refractivity contribution in [1.29, 1.82) is 0 Å². The summed E-state index contributed by atoms with van der Waals surface area (Å²) in [4.78, 5) is 0. The first-order valence-corrected chi connectivity index (χ1v) is 8.80. The van der Waals surface area contributed by atoms with Gasteiger partial charge in [-0.1, -0.05) is 48.6 Å². The van der Waals surface area contributed by atoms with E-state index in [2.05, 4.69) is 83.2 Å². The minimum atomic E-state index is 0. The Balaban J connectivity index is 0.00000121. The molecule has 0 fully saturated rings. The maximum atomic E-state index is 2.32. The van der Waals surface area contributed by atoms with Gasteiger partial charge in [-0.25, -0.2) is 0 Å². The van der Waals surface area contributed by atoms with E-state index in [0.717, 1.165) is 0 Å². The van der Waals surface area contributed by atoms with Crippen molar-refractivity contribution >= 4 is 24.8 Å². The van der Waals surface area contributed by atoms with Crippen LogP contribution in [0.1, 0.15) is 46.2 Å². The molecule has 2 aromatic carbocycles. The Kier molecular flexibility index (Phi) is 5.90. The third kappa shape index (κ3) is 2.68. The Hall–Kier alpha value is -1.76. The second kappa shape index (κ2) is 7.47. The summed E-state index contributed by atoms with van der Waals surface area (Å²) in [7, 11) is 0. The van der Waals surface area contributed by atoms with Crippen LogP contribution in [0.2, 0.25) is 0 Å². The van der Waals surface area contributed by atoms with Gasteiger partial charge >= 0.3 is 0 Å². The third-order valence-electron chi connectivity index (χ3n) is 6.07. The van der Waals surface area contributed by atoms with Gasteiger partial charge < -0.3 is 0 Å². The molecule has 0 saturated heterocycles. The lowest BCUT2D eigenvalue weighted by Crippen LogP contribution is -2.06.